The molecule has 0 aliphatic rings. The predicted octanol–water partition coefficient (Wildman–Crippen LogP) is 3.21. The molecule has 1 N–H and O–H groups in total. The summed E-state index contributed by atoms with van der Waals surface area (Å²) in [4.78, 5) is 0.117. The maximum absolute atomic E-state index is 12.8. The SMILES string of the molecule is CCOc1ccccc1NS(=O)(=O)c1cc(OC)c(OC)cc1C. The third-order valence-electron chi connectivity index (χ3n) is 3.40. The number of benzene rings is 2. The number of para-hydroxylation sites is 2. The third-order valence-corrected chi connectivity index (χ3v) is 4.91. The molecule has 0 heterocycles. The molecule has 0 saturated heterocycles. The minimum absolute atomic E-state index is 0.117. The van der Waals surface area contributed by atoms with Gasteiger partial charge in [-0.2, -0.15) is 0 Å². The van der Waals surface area contributed by atoms with E-state index in [1.807, 2.05) is 6.92 Å². The monoisotopic (exact) mass is 351 g/mol. The van der Waals surface area contributed by atoms with E-state index in [1.165, 1.54) is 20.3 Å². The molecule has 24 heavy (non-hydrogen) atoms. The Hall–Kier alpha value is -2.41. The van der Waals surface area contributed by atoms with Crippen LogP contribution in [0.2, 0.25) is 0 Å². The number of nitrogens with one attached hydrogen (secondary N) is 1. The zero-order valence-corrected chi connectivity index (χ0v) is 14.9. The van der Waals surface area contributed by atoms with Gasteiger partial charge >= 0.3 is 0 Å². The molecule has 0 bridgehead atoms. The highest BCUT2D eigenvalue weighted by Crippen LogP contribution is 2.34. The number of hydrogen-bond acceptors (Lipinski definition) is 5. The number of hydrogen-bond donors (Lipinski definition) is 1. The van der Waals surface area contributed by atoms with Crippen molar-refractivity contribution in [3.8, 4) is 17.2 Å². The highest BCUT2D eigenvalue weighted by atomic mass is 32.2. The first-order chi connectivity index (χ1) is 11.4. The lowest BCUT2D eigenvalue weighted by Gasteiger charge is -2.16. The molecule has 0 atom stereocenters. The molecular formula is C17H21NO5S. The average Bonchev–Trinajstić information content (AvgIpc) is 2.56. The molecule has 0 fully saturated rings. The van der Waals surface area contributed by atoms with E-state index in [9.17, 15) is 8.42 Å². The number of ether oxygens (including phenoxy) is 3. The van der Waals surface area contributed by atoms with E-state index in [0.717, 1.165) is 0 Å². The van der Waals surface area contributed by atoms with Crippen molar-refractivity contribution in [2.45, 2.75) is 18.7 Å². The first-order valence-electron chi connectivity index (χ1n) is 7.40. The average molecular weight is 351 g/mol. The van der Waals surface area contributed by atoms with Crippen molar-refractivity contribution in [1.29, 1.82) is 0 Å². The zero-order valence-electron chi connectivity index (χ0n) is 14.1. The van der Waals surface area contributed by atoms with E-state index in [1.54, 1.807) is 37.3 Å². The molecule has 2 aromatic carbocycles. The van der Waals surface area contributed by atoms with Gasteiger partial charge in [-0.3, -0.25) is 4.72 Å². The van der Waals surface area contributed by atoms with Crippen LogP contribution in [0.3, 0.4) is 0 Å². The van der Waals surface area contributed by atoms with Crippen LogP contribution in [-0.4, -0.2) is 29.2 Å². The summed E-state index contributed by atoms with van der Waals surface area (Å²) in [5.41, 5.74) is 0.933. The summed E-state index contributed by atoms with van der Waals surface area (Å²) in [6.45, 7) is 3.98. The van der Waals surface area contributed by atoms with Gasteiger partial charge in [-0.1, -0.05) is 12.1 Å². The Balaban J connectivity index is 2.45. The standard InChI is InChI=1S/C17H21NO5S/c1-5-23-14-9-7-6-8-13(14)18-24(19,20)17-11-16(22-4)15(21-3)10-12(17)2/h6-11,18H,5H2,1-4H3. The second kappa shape index (κ2) is 7.44. The first-order valence-corrected chi connectivity index (χ1v) is 8.88. The van der Waals surface area contributed by atoms with Crippen LogP contribution in [0.1, 0.15) is 12.5 Å². The van der Waals surface area contributed by atoms with E-state index in [4.69, 9.17) is 14.2 Å². The Kier molecular flexibility index (Phi) is 5.56. The Morgan fingerprint density at radius 3 is 2.25 bits per heavy atom. The number of rotatable bonds is 7. The van der Waals surface area contributed by atoms with Gasteiger partial charge in [0.2, 0.25) is 0 Å². The first kappa shape index (κ1) is 17.9. The van der Waals surface area contributed by atoms with Gasteiger partial charge in [-0.15, -0.1) is 0 Å². The van der Waals surface area contributed by atoms with E-state index >= 15 is 0 Å². The second-order valence-corrected chi connectivity index (χ2v) is 6.66. The summed E-state index contributed by atoms with van der Waals surface area (Å²) in [7, 11) is -0.846. The van der Waals surface area contributed by atoms with Crippen molar-refractivity contribution >= 4 is 15.7 Å². The fourth-order valence-corrected chi connectivity index (χ4v) is 3.60. The Bertz CT molecular complexity index is 818. The van der Waals surface area contributed by atoms with Crippen molar-refractivity contribution in [3.05, 3.63) is 42.0 Å². The largest absolute Gasteiger partial charge is 0.493 e. The highest BCUT2D eigenvalue weighted by molar-refractivity contribution is 7.92. The molecule has 2 rings (SSSR count). The third kappa shape index (κ3) is 3.73. The van der Waals surface area contributed by atoms with Gasteiger partial charge in [-0.25, -0.2) is 8.42 Å². The summed E-state index contributed by atoms with van der Waals surface area (Å²) in [6, 6.07) is 9.95. The molecule has 0 spiro atoms. The van der Waals surface area contributed by atoms with Gasteiger partial charge in [0.25, 0.3) is 10.0 Å². The van der Waals surface area contributed by atoms with Crippen LogP contribution in [0.25, 0.3) is 0 Å². The normalized spacial score (nSPS) is 11.0. The molecule has 7 heteroatoms. The van der Waals surface area contributed by atoms with Crippen molar-refractivity contribution in [3.63, 3.8) is 0 Å². The number of methoxy groups -OCH3 is 2. The quantitative estimate of drug-likeness (QED) is 0.829. The summed E-state index contributed by atoms with van der Waals surface area (Å²) >= 11 is 0. The van der Waals surface area contributed by atoms with Gasteiger partial charge in [-0.05, 0) is 37.6 Å². The molecule has 0 aromatic heterocycles. The summed E-state index contributed by atoms with van der Waals surface area (Å²) in [5.74, 6) is 1.30. The molecular weight excluding hydrogens is 330 g/mol. The van der Waals surface area contributed by atoms with Crippen molar-refractivity contribution < 1.29 is 22.6 Å². The molecule has 0 amide bonds. The molecule has 0 aliphatic carbocycles. The van der Waals surface area contributed by atoms with Crippen LogP contribution < -0.4 is 18.9 Å². The van der Waals surface area contributed by atoms with E-state index < -0.39 is 10.0 Å². The van der Waals surface area contributed by atoms with Crippen LogP contribution >= 0.6 is 0 Å². The van der Waals surface area contributed by atoms with Gasteiger partial charge in [0.15, 0.2) is 11.5 Å². The minimum Gasteiger partial charge on any atom is -0.493 e. The van der Waals surface area contributed by atoms with Crippen LogP contribution in [-0.2, 0) is 10.0 Å². The van der Waals surface area contributed by atoms with Gasteiger partial charge < -0.3 is 14.2 Å². The van der Waals surface area contributed by atoms with E-state index in [-0.39, 0.29) is 4.90 Å². The summed E-state index contributed by atoms with van der Waals surface area (Å²) in [5, 5.41) is 0. The Labute approximate surface area is 142 Å². The van der Waals surface area contributed by atoms with Crippen LogP contribution in [0.5, 0.6) is 17.2 Å². The lowest BCUT2D eigenvalue weighted by atomic mass is 10.2. The van der Waals surface area contributed by atoms with Crippen LogP contribution in [0.15, 0.2) is 41.3 Å². The topological polar surface area (TPSA) is 73.9 Å². The zero-order chi connectivity index (χ0) is 17.7. The molecule has 0 radical (unpaired) electrons. The predicted molar refractivity (Wildman–Crippen MR) is 92.7 cm³/mol. The molecule has 0 saturated carbocycles. The highest BCUT2D eigenvalue weighted by Gasteiger charge is 2.21. The maximum atomic E-state index is 12.8. The second-order valence-electron chi connectivity index (χ2n) is 5.01. The van der Waals surface area contributed by atoms with Crippen LogP contribution in [0.4, 0.5) is 5.69 Å². The Morgan fingerprint density at radius 2 is 1.62 bits per heavy atom. The Morgan fingerprint density at radius 1 is 1.00 bits per heavy atom. The molecule has 0 unspecified atom stereocenters. The van der Waals surface area contributed by atoms with Gasteiger partial charge in [0.05, 0.1) is 31.4 Å². The van der Waals surface area contributed by atoms with Gasteiger partial charge in [0.1, 0.15) is 5.75 Å². The van der Waals surface area contributed by atoms with Crippen LogP contribution in [0, 0.1) is 6.92 Å². The summed E-state index contributed by atoms with van der Waals surface area (Å²) < 4.78 is 44.0. The number of sulfonamides is 1. The van der Waals surface area contributed by atoms with Gasteiger partial charge in [0, 0.05) is 6.07 Å². The molecule has 6 nitrogen and oxygen atoms in total. The molecule has 130 valence electrons. The number of aryl methyl sites for hydroxylation is 1. The molecule has 2 aromatic rings. The minimum atomic E-state index is -3.81. The summed E-state index contributed by atoms with van der Waals surface area (Å²) in [6.07, 6.45) is 0. The van der Waals surface area contributed by atoms with Crippen molar-refractivity contribution in [1.82, 2.24) is 0 Å². The lowest BCUT2D eigenvalue weighted by Crippen LogP contribution is -2.15. The van der Waals surface area contributed by atoms with Crippen molar-refractivity contribution in [2.24, 2.45) is 0 Å². The molecule has 0 aliphatic heterocycles. The maximum Gasteiger partial charge on any atom is 0.262 e. The smallest absolute Gasteiger partial charge is 0.262 e. The van der Waals surface area contributed by atoms with E-state index in [2.05, 4.69) is 4.72 Å². The fourth-order valence-electron chi connectivity index (χ4n) is 2.28. The fraction of sp³-hybridized carbons (Fsp3) is 0.294. The number of anilines is 1. The van der Waals surface area contributed by atoms with Crippen molar-refractivity contribution in [2.75, 3.05) is 25.5 Å². The van der Waals surface area contributed by atoms with E-state index in [0.29, 0.717) is 35.1 Å². The lowest BCUT2D eigenvalue weighted by molar-refractivity contribution is 0.342.